The van der Waals surface area contributed by atoms with Gasteiger partial charge in [-0.15, -0.1) is 0 Å². The molecule has 0 fully saturated rings. The van der Waals surface area contributed by atoms with E-state index in [0.717, 1.165) is 26.1 Å². The van der Waals surface area contributed by atoms with Gasteiger partial charge in [0.25, 0.3) is 0 Å². The van der Waals surface area contributed by atoms with Gasteiger partial charge in [0.1, 0.15) is 0 Å². The highest BCUT2D eigenvalue weighted by Gasteiger charge is 2.06. The fraction of sp³-hybridized carbons (Fsp3) is 0.500. The van der Waals surface area contributed by atoms with Crippen molar-refractivity contribution in [2.45, 2.75) is 19.4 Å². The maximum absolute atomic E-state index is 11.2. The number of nitrogens with one attached hydrogen (secondary N) is 1. The fourth-order valence-electron chi connectivity index (χ4n) is 1.88. The molecule has 0 bridgehead atoms. The van der Waals surface area contributed by atoms with Crippen molar-refractivity contribution in [3.05, 3.63) is 35.9 Å². The van der Waals surface area contributed by atoms with E-state index < -0.39 is 0 Å². The highest BCUT2D eigenvalue weighted by Crippen LogP contribution is 2.05. The van der Waals surface area contributed by atoms with Gasteiger partial charge in [0.15, 0.2) is 0 Å². The molecule has 1 rings (SSSR count). The Kier molecular flexibility index (Phi) is 7.06. The number of rotatable bonds is 8. The molecule has 0 unspecified atom stereocenters. The molecule has 0 aromatic heterocycles. The zero-order chi connectivity index (χ0) is 13.2. The Morgan fingerprint density at radius 2 is 2.00 bits per heavy atom. The molecular formula is C14H23N3O. The minimum atomic E-state index is 0.0995. The molecule has 3 N–H and O–H groups in total. The van der Waals surface area contributed by atoms with Crippen LogP contribution in [0.5, 0.6) is 0 Å². The van der Waals surface area contributed by atoms with E-state index >= 15 is 0 Å². The minimum absolute atomic E-state index is 0.0995. The lowest BCUT2D eigenvalue weighted by molar-refractivity contribution is -0.120. The van der Waals surface area contributed by atoms with Crippen LogP contribution in [-0.4, -0.2) is 37.5 Å². The summed E-state index contributed by atoms with van der Waals surface area (Å²) in [5.41, 5.74) is 6.90. The average Bonchev–Trinajstić information content (AvgIpc) is 2.40. The van der Waals surface area contributed by atoms with Crippen LogP contribution in [0.2, 0.25) is 0 Å². The molecule has 1 aromatic carbocycles. The van der Waals surface area contributed by atoms with E-state index in [4.69, 9.17) is 5.73 Å². The standard InChI is InChI=1S/C14H23N3O/c1-16-14(18)8-5-10-17(11-9-15)12-13-6-3-2-4-7-13/h2-4,6-7H,5,8-12,15H2,1H3,(H,16,18). The first kappa shape index (κ1) is 14.7. The molecule has 0 saturated heterocycles. The van der Waals surface area contributed by atoms with Gasteiger partial charge in [0.2, 0.25) is 5.91 Å². The Balaban J connectivity index is 2.37. The zero-order valence-corrected chi connectivity index (χ0v) is 11.1. The molecule has 0 spiro atoms. The highest BCUT2D eigenvalue weighted by molar-refractivity contribution is 5.75. The molecule has 100 valence electrons. The number of nitrogens with two attached hydrogens (primary N) is 1. The van der Waals surface area contributed by atoms with Gasteiger partial charge < -0.3 is 11.1 Å². The maximum Gasteiger partial charge on any atom is 0.219 e. The molecule has 1 amide bonds. The van der Waals surface area contributed by atoms with Crippen LogP contribution in [0.1, 0.15) is 18.4 Å². The average molecular weight is 249 g/mol. The van der Waals surface area contributed by atoms with E-state index in [1.165, 1.54) is 5.56 Å². The van der Waals surface area contributed by atoms with Gasteiger partial charge in [-0.3, -0.25) is 9.69 Å². The lowest BCUT2D eigenvalue weighted by atomic mass is 10.2. The number of benzene rings is 1. The van der Waals surface area contributed by atoms with Crippen LogP contribution in [0.25, 0.3) is 0 Å². The Labute approximate surface area is 109 Å². The highest BCUT2D eigenvalue weighted by atomic mass is 16.1. The molecule has 0 saturated carbocycles. The zero-order valence-electron chi connectivity index (χ0n) is 11.1. The van der Waals surface area contributed by atoms with Crippen molar-refractivity contribution in [2.24, 2.45) is 5.73 Å². The SMILES string of the molecule is CNC(=O)CCCN(CCN)Cc1ccccc1. The summed E-state index contributed by atoms with van der Waals surface area (Å²) in [6.45, 7) is 3.31. The van der Waals surface area contributed by atoms with Crippen molar-refractivity contribution < 1.29 is 4.79 Å². The second kappa shape index (κ2) is 8.66. The van der Waals surface area contributed by atoms with Crippen molar-refractivity contribution in [3.63, 3.8) is 0 Å². The van der Waals surface area contributed by atoms with Crippen LogP contribution in [0, 0.1) is 0 Å². The van der Waals surface area contributed by atoms with E-state index in [9.17, 15) is 4.79 Å². The molecule has 0 atom stereocenters. The number of nitrogens with zero attached hydrogens (tertiary/aromatic N) is 1. The van der Waals surface area contributed by atoms with Gasteiger partial charge >= 0.3 is 0 Å². The quantitative estimate of drug-likeness (QED) is 0.722. The third kappa shape index (κ3) is 5.80. The summed E-state index contributed by atoms with van der Waals surface area (Å²) in [4.78, 5) is 13.4. The first-order chi connectivity index (χ1) is 8.76. The van der Waals surface area contributed by atoms with E-state index in [1.54, 1.807) is 7.05 Å². The summed E-state index contributed by atoms with van der Waals surface area (Å²) in [5.74, 6) is 0.0995. The third-order valence-corrected chi connectivity index (χ3v) is 2.85. The lowest BCUT2D eigenvalue weighted by Crippen LogP contribution is -2.31. The van der Waals surface area contributed by atoms with Gasteiger partial charge in [-0.2, -0.15) is 0 Å². The van der Waals surface area contributed by atoms with E-state index in [0.29, 0.717) is 13.0 Å². The number of amides is 1. The van der Waals surface area contributed by atoms with E-state index in [2.05, 4.69) is 22.3 Å². The molecule has 0 aliphatic heterocycles. The topological polar surface area (TPSA) is 58.4 Å². The molecule has 0 aliphatic carbocycles. The van der Waals surface area contributed by atoms with E-state index in [1.807, 2.05) is 18.2 Å². The van der Waals surface area contributed by atoms with Crippen molar-refractivity contribution in [2.75, 3.05) is 26.7 Å². The fourth-order valence-corrected chi connectivity index (χ4v) is 1.88. The summed E-state index contributed by atoms with van der Waals surface area (Å²) in [7, 11) is 1.67. The number of carbonyl (C=O) groups excluding carboxylic acids is 1. The van der Waals surface area contributed by atoms with Crippen LogP contribution in [0.3, 0.4) is 0 Å². The molecule has 4 heteroatoms. The smallest absolute Gasteiger partial charge is 0.219 e. The molecule has 1 aromatic rings. The lowest BCUT2D eigenvalue weighted by Gasteiger charge is -2.21. The van der Waals surface area contributed by atoms with Crippen LogP contribution in [0.4, 0.5) is 0 Å². The van der Waals surface area contributed by atoms with Crippen LogP contribution < -0.4 is 11.1 Å². The maximum atomic E-state index is 11.2. The summed E-state index contributed by atoms with van der Waals surface area (Å²) in [5, 5.41) is 2.64. The van der Waals surface area contributed by atoms with Crippen molar-refractivity contribution >= 4 is 5.91 Å². The first-order valence-electron chi connectivity index (χ1n) is 6.43. The van der Waals surface area contributed by atoms with Gasteiger partial charge in [-0.25, -0.2) is 0 Å². The second-order valence-corrected chi connectivity index (χ2v) is 4.33. The van der Waals surface area contributed by atoms with Crippen molar-refractivity contribution in [1.82, 2.24) is 10.2 Å². The first-order valence-corrected chi connectivity index (χ1v) is 6.43. The van der Waals surface area contributed by atoms with Crippen LogP contribution in [0.15, 0.2) is 30.3 Å². The summed E-state index contributed by atoms with van der Waals surface area (Å²) in [6, 6.07) is 10.3. The Hall–Kier alpha value is -1.39. The Morgan fingerprint density at radius 3 is 2.61 bits per heavy atom. The predicted octanol–water partition coefficient (Wildman–Crippen LogP) is 0.974. The van der Waals surface area contributed by atoms with Gasteiger partial charge in [0.05, 0.1) is 0 Å². The summed E-state index contributed by atoms with van der Waals surface area (Å²) < 4.78 is 0. The van der Waals surface area contributed by atoms with Crippen molar-refractivity contribution in [3.8, 4) is 0 Å². The largest absolute Gasteiger partial charge is 0.359 e. The molecular weight excluding hydrogens is 226 g/mol. The predicted molar refractivity (Wildman–Crippen MR) is 74.1 cm³/mol. The normalized spacial score (nSPS) is 10.6. The minimum Gasteiger partial charge on any atom is -0.359 e. The molecule has 4 nitrogen and oxygen atoms in total. The van der Waals surface area contributed by atoms with Gasteiger partial charge in [0, 0.05) is 33.1 Å². The molecule has 0 aliphatic rings. The van der Waals surface area contributed by atoms with Crippen LogP contribution >= 0.6 is 0 Å². The summed E-state index contributed by atoms with van der Waals surface area (Å²) >= 11 is 0. The third-order valence-electron chi connectivity index (χ3n) is 2.85. The van der Waals surface area contributed by atoms with Gasteiger partial charge in [-0.05, 0) is 18.5 Å². The number of carbonyl (C=O) groups is 1. The molecule has 0 radical (unpaired) electrons. The summed E-state index contributed by atoms with van der Waals surface area (Å²) in [6.07, 6.45) is 1.44. The molecule has 0 heterocycles. The molecule has 18 heavy (non-hydrogen) atoms. The van der Waals surface area contributed by atoms with Gasteiger partial charge in [-0.1, -0.05) is 30.3 Å². The van der Waals surface area contributed by atoms with Crippen molar-refractivity contribution in [1.29, 1.82) is 0 Å². The number of hydrogen-bond donors (Lipinski definition) is 2. The second-order valence-electron chi connectivity index (χ2n) is 4.33. The van der Waals surface area contributed by atoms with Crippen LogP contribution in [-0.2, 0) is 11.3 Å². The monoisotopic (exact) mass is 249 g/mol. The Morgan fingerprint density at radius 1 is 1.28 bits per heavy atom. The Bertz CT molecular complexity index is 340. The van der Waals surface area contributed by atoms with E-state index in [-0.39, 0.29) is 5.91 Å². The number of hydrogen-bond acceptors (Lipinski definition) is 3.